The van der Waals surface area contributed by atoms with Gasteiger partial charge >= 0.3 is 0 Å². The highest BCUT2D eigenvalue weighted by Crippen LogP contribution is 2.38. The number of hydrogen-bond acceptors (Lipinski definition) is 7. The van der Waals surface area contributed by atoms with Crippen molar-refractivity contribution in [3.05, 3.63) is 83.2 Å². The van der Waals surface area contributed by atoms with Gasteiger partial charge < -0.3 is 10.5 Å². The maximum atomic E-state index is 13.6. The van der Waals surface area contributed by atoms with Gasteiger partial charge in [0.2, 0.25) is 17.7 Å². The second kappa shape index (κ2) is 11.3. The Morgan fingerprint density at radius 3 is 2.54 bits per heavy atom. The molecule has 1 aliphatic heterocycles. The number of carbonyl (C=O) groups excluding carboxylic acids is 1. The smallest absolute Gasteiger partial charge is 0.264 e. The summed E-state index contributed by atoms with van der Waals surface area (Å²) in [6.45, 7) is 8.50. The second-order valence-electron chi connectivity index (χ2n) is 11.0. The molecule has 214 valence electrons. The molecule has 0 fully saturated rings. The number of aromatic nitrogens is 4. The molecule has 4 aromatic rings. The van der Waals surface area contributed by atoms with E-state index in [1.165, 1.54) is 4.68 Å². The number of anilines is 1. The fourth-order valence-corrected chi connectivity index (χ4v) is 6.57. The van der Waals surface area contributed by atoms with Crippen molar-refractivity contribution in [3.63, 3.8) is 0 Å². The highest BCUT2D eigenvalue weighted by molar-refractivity contribution is 7.92. The van der Waals surface area contributed by atoms with Crippen LogP contribution in [0.15, 0.2) is 65.8 Å². The number of nitrogens with zero attached hydrogens (tertiary/aromatic N) is 4. The molecule has 1 aliphatic rings. The molecule has 4 bridgehead atoms. The van der Waals surface area contributed by atoms with Gasteiger partial charge in [-0.25, -0.2) is 18.1 Å². The quantitative estimate of drug-likeness (QED) is 0.347. The Morgan fingerprint density at radius 1 is 1.10 bits per heavy atom. The Balaban J connectivity index is 1.67. The average molecular weight is 575 g/mol. The van der Waals surface area contributed by atoms with Crippen molar-refractivity contribution in [2.45, 2.75) is 51.5 Å². The molecule has 0 aliphatic carbocycles. The van der Waals surface area contributed by atoms with E-state index < -0.39 is 15.9 Å². The lowest BCUT2D eigenvalue weighted by Crippen LogP contribution is -2.25. The van der Waals surface area contributed by atoms with Crippen molar-refractivity contribution >= 4 is 21.9 Å². The minimum absolute atomic E-state index is 0.0544. The fraction of sp³-hybridized carbons (Fsp3) is 0.333. The summed E-state index contributed by atoms with van der Waals surface area (Å²) >= 11 is 0. The number of nitrogens with one attached hydrogen (secondary N) is 1. The SMILES string of the molecule is Cc1cccc(C)c1-c1cc2nc(n1)NS(=O)(=O)c1cccc(c1)C(c1cnn(CC(N)=O)c1)[C@H](CC(C)C)CO2. The number of amides is 1. The summed E-state index contributed by atoms with van der Waals surface area (Å²) in [6, 6.07) is 14.5. The number of benzene rings is 2. The normalized spacial score (nSPS) is 18.1. The minimum Gasteiger partial charge on any atom is -0.477 e. The number of sulfonamides is 1. The van der Waals surface area contributed by atoms with E-state index in [1.807, 2.05) is 38.1 Å². The van der Waals surface area contributed by atoms with Gasteiger partial charge in [0.15, 0.2) is 0 Å². The Labute approximate surface area is 240 Å². The number of rotatable bonds is 6. The van der Waals surface area contributed by atoms with Crippen LogP contribution in [-0.2, 0) is 21.4 Å². The van der Waals surface area contributed by atoms with Gasteiger partial charge in [-0.3, -0.25) is 9.48 Å². The first-order valence-electron chi connectivity index (χ1n) is 13.5. The number of nitrogens with two attached hydrogens (primary N) is 1. The van der Waals surface area contributed by atoms with Crippen LogP contribution in [0.3, 0.4) is 0 Å². The Kier molecular flexibility index (Phi) is 7.81. The molecule has 11 heteroatoms. The maximum absolute atomic E-state index is 13.6. The number of hydrogen-bond donors (Lipinski definition) is 2. The van der Waals surface area contributed by atoms with Crippen molar-refractivity contribution < 1.29 is 17.9 Å². The number of fused-ring (bicyclic) bond motifs is 4. The third kappa shape index (κ3) is 6.25. The molecule has 5 rings (SSSR count). The van der Waals surface area contributed by atoms with Gasteiger partial charge in [0.25, 0.3) is 10.0 Å². The highest BCUT2D eigenvalue weighted by atomic mass is 32.2. The number of aryl methyl sites for hydroxylation is 2. The van der Waals surface area contributed by atoms with Crippen molar-refractivity contribution in [2.75, 3.05) is 11.3 Å². The van der Waals surface area contributed by atoms with Crippen LogP contribution in [0, 0.1) is 25.7 Å². The number of carbonyl (C=O) groups is 1. The summed E-state index contributed by atoms with van der Waals surface area (Å²) in [6.07, 6.45) is 4.27. The van der Waals surface area contributed by atoms with Crippen LogP contribution < -0.4 is 15.2 Å². The predicted molar refractivity (Wildman–Crippen MR) is 156 cm³/mol. The fourth-order valence-electron chi connectivity index (χ4n) is 5.57. The van der Waals surface area contributed by atoms with Crippen molar-refractivity contribution in [2.24, 2.45) is 17.6 Å². The molecule has 0 radical (unpaired) electrons. The standard InChI is InChI=1S/C30H34N6O4S/c1-18(2)11-22-17-40-27-13-25(28-19(3)7-5-8-20(28)4)33-30(34-27)35-41(38,39)24-10-6-9-21(12-24)29(22)23-14-32-36(15-23)16-26(31)37/h5-10,12-15,18,22,29H,11,16-17H2,1-4H3,(H2,31,37)(H,33,34,35)/t22-,29?/m1/s1. The molecule has 1 unspecified atom stereocenters. The summed E-state index contributed by atoms with van der Waals surface area (Å²) in [5.74, 6) is -0.313. The molecule has 2 aromatic carbocycles. The number of primary amides is 1. The zero-order chi connectivity index (χ0) is 29.3. The van der Waals surface area contributed by atoms with Crippen LogP contribution in [0.4, 0.5) is 5.95 Å². The van der Waals surface area contributed by atoms with Crippen LogP contribution in [-0.4, -0.2) is 40.7 Å². The van der Waals surface area contributed by atoms with Crippen LogP contribution in [0.25, 0.3) is 11.3 Å². The van der Waals surface area contributed by atoms with Gasteiger partial charge in [-0.1, -0.05) is 44.2 Å². The zero-order valence-electron chi connectivity index (χ0n) is 23.5. The van der Waals surface area contributed by atoms with Crippen molar-refractivity contribution in [3.8, 4) is 17.1 Å². The molecule has 0 saturated heterocycles. The third-order valence-corrected chi connectivity index (χ3v) is 8.54. The molecule has 3 N–H and O–H groups in total. The monoisotopic (exact) mass is 574 g/mol. The van der Waals surface area contributed by atoms with Gasteiger partial charge in [0.1, 0.15) is 6.54 Å². The molecule has 2 aromatic heterocycles. The summed E-state index contributed by atoms with van der Waals surface area (Å²) in [5.41, 5.74) is 10.5. The van der Waals surface area contributed by atoms with Gasteiger partial charge in [0.05, 0.1) is 23.4 Å². The van der Waals surface area contributed by atoms with Crippen LogP contribution in [0.2, 0.25) is 0 Å². The van der Waals surface area contributed by atoms with E-state index in [0.29, 0.717) is 18.2 Å². The molecule has 1 amide bonds. The minimum atomic E-state index is -4.04. The van der Waals surface area contributed by atoms with Crippen LogP contribution in [0.1, 0.15) is 48.4 Å². The molecule has 3 heterocycles. The van der Waals surface area contributed by atoms with Crippen molar-refractivity contribution in [1.29, 1.82) is 0 Å². The second-order valence-corrected chi connectivity index (χ2v) is 12.7. The summed E-state index contributed by atoms with van der Waals surface area (Å²) in [4.78, 5) is 20.7. The molecule has 0 saturated carbocycles. The first-order chi connectivity index (χ1) is 19.5. The van der Waals surface area contributed by atoms with E-state index in [0.717, 1.165) is 34.2 Å². The van der Waals surface area contributed by atoms with E-state index >= 15 is 0 Å². The van der Waals surface area contributed by atoms with E-state index in [1.54, 1.807) is 36.7 Å². The summed E-state index contributed by atoms with van der Waals surface area (Å²) < 4.78 is 37.6. The molecule has 0 spiro atoms. The van der Waals surface area contributed by atoms with E-state index in [9.17, 15) is 13.2 Å². The largest absolute Gasteiger partial charge is 0.477 e. The van der Waals surface area contributed by atoms with Crippen LogP contribution >= 0.6 is 0 Å². The predicted octanol–water partition coefficient (Wildman–Crippen LogP) is 4.43. The lowest BCUT2D eigenvalue weighted by atomic mass is 9.78. The Bertz CT molecular complexity index is 1680. The lowest BCUT2D eigenvalue weighted by Gasteiger charge is -2.29. The highest BCUT2D eigenvalue weighted by Gasteiger charge is 2.30. The maximum Gasteiger partial charge on any atom is 0.264 e. The van der Waals surface area contributed by atoms with Crippen molar-refractivity contribution in [1.82, 2.24) is 19.7 Å². The Hall–Kier alpha value is -4.25. The van der Waals surface area contributed by atoms with Gasteiger partial charge in [-0.05, 0) is 60.6 Å². The lowest BCUT2D eigenvalue weighted by molar-refractivity contribution is -0.118. The molecular weight excluding hydrogens is 540 g/mol. The van der Waals surface area contributed by atoms with Gasteiger partial charge in [0, 0.05) is 29.7 Å². The first-order valence-corrected chi connectivity index (χ1v) is 15.0. The molecular formula is C30H34N6O4S. The topological polar surface area (TPSA) is 142 Å². The zero-order valence-corrected chi connectivity index (χ0v) is 24.4. The number of ether oxygens (including phenoxy) is 1. The molecule has 10 nitrogen and oxygen atoms in total. The molecule has 41 heavy (non-hydrogen) atoms. The summed E-state index contributed by atoms with van der Waals surface area (Å²) in [7, 11) is -4.04. The van der Waals surface area contributed by atoms with Gasteiger partial charge in [-0.2, -0.15) is 10.1 Å². The van der Waals surface area contributed by atoms with E-state index in [2.05, 4.69) is 33.6 Å². The van der Waals surface area contributed by atoms with E-state index in [4.69, 9.17) is 10.5 Å². The third-order valence-electron chi connectivity index (χ3n) is 7.21. The summed E-state index contributed by atoms with van der Waals surface area (Å²) in [5, 5.41) is 4.35. The van der Waals surface area contributed by atoms with Crippen LogP contribution in [0.5, 0.6) is 5.88 Å². The van der Waals surface area contributed by atoms with E-state index in [-0.39, 0.29) is 35.1 Å². The molecule has 2 atom stereocenters. The van der Waals surface area contributed by atoms with Gasteiger partial charge in [-0.15, -0.1) is 0 Å². The average Bonchev–Trinajstić information content (AvgIpc) is 3.33. The first kappa shape index (κ1) is 28.3. The Morgan fingerprint density at radius 2 is 1.83 bits per heavy atom.